The van der Waals surface area contributed by atoms with Crippen LogP contribution in [0.15, 0.2) is 60.8 Å². The molecule has 1 amide bonds. The number of anilines is 3. The first-order chi connectivity index (χ1) is 17.6. The summed E-state index contributed by atoms with van der Waals surface area (Å²) in [7, 11) is 0. The van der Waals surface area contributed by atoms with Crippen molar-refractivity contribution < 1.29 is 9.18 Å². The Labute approximate surface area is 212 Å². The zero-order valence-corrected chi connectivity index (χ0v) is 20.6. The third kappa shape index (κ3) is 5.68. The Hall–Kier alpha value is -3.45. The number of primary amides is 1. The second-order valence-electron chi connectivity index (χ2n) is 9.92. The number of nitrogens with one attached hydrogen (secondary N) is 2. The molecule has 1 aliphatic heterocycles. The smallest absolute Gasteiger partial charge is 0.252 e. The Kier molecular flexibility index (Phi) is 7.47. The zero-order valence-electron chi connectivity index (χ0n) is 20.6. The maximum Gasteiger partial charge on any atom is 0.252 e. The van der Waals surface area contributed by atoms with E-state index in [1.807, 2.05) is 6.07 Å². The third-order valence-electron chi connectivity index (χ3n) is 7.60. The van der Waals surface area contributed by atoms with Crippen molar-refractivity contribution in [1.82, 2.24) is 9.88 Å². The minimum atomic E-state index is -0.587. The van der Waals surface area contributed by atoms with Crippen molar-refractivity contribution in [1.29, 1.82) is 0 Å². The van der Waals surface area contributed by atoms with Crippen molar-refractivity contribution in [2.45, 2.75) is 57.0 Å². The van der Waals surface area contributed by atoms with Gasteiger partial charge in [0, 0.05) is 36.1 Å². The number of carbonyl (C=O) groups is 1. The van der Waals surface area contributed by atoms with Gasteiger partial charge in [0.05, 0.1) is 11.3 Å². The van der Waals surface area contributed by atoms with E-state index in [0.717, 1.165) is 11.7 Å². The monoisotopic (exact) mass is 487 g/mol. The summed E-state index contributed by atoms with van der Waals surface area (Å²) in [6, 6.07) is 17.6. The van der Waals surface area contributed by atoms with Gasteiger partial charge in [-0.05, 0) is 68.5 Å². The van der Waals surface area contributed by atoms with Crippen molar-refractivity contribution in [3.63, 3.8) is 0 Å². The van der Waals surface area contributed by atoms with Gasteiger partial charge in [-0.1, -0.05) is 43.2 Å². The van der Waals surface area contributed by atoms with Crippen LogP contribution in [0.3, 0.4) is 0 Å². The summed E-state index contributed by atoms with van der Waals surface area (Å²) < 4.78 is 14.1. The summed E-state index contributed by atoms with van der Waals surface area (Å²) >= 11 is 0. The van der Waals surface area contributed by atoms with E-state index in [0.29, 0.717) is 23.0 Å². The first kappa shape index (κ1) is 24.3. The van der Waals surface area contributed by atoms with Gasteiger partial charge in [-0.15, -0.1) is 0 Å². The van der Waals surface area contributed by atoms with Crippen LogP contribution >= 0.6 is 0 Å². The molecular formula is C29H34FN5O. The molecule has 1 saturated heterocycles. The van der Waals surface area contributed by atoms with Crippen LogP contribution in [0.5, 0.6) is 0 Å². The lowest BCUT2D eigenvalue weighted by Gasteiger charge is -2.36. The van der Waals surface area contributed by atoms with Gasteiger partial charge in [0.25, 0.3) is 5.91 Å². The quantitative estimate of drug-likeness (QED) is 0.374. The highest BCUT2D eigenvalue weighted by Gasteiger charge is 2.27. The molecule has 4 N–H and O–H groups in total. The Morgan fingerprint density at radius 2 is 1.81 bits per heavy atom. The lowest BCUT2D eigenvalue weighted by molar-refractivity contribution is 0.100. The van der Waals surface area contributed by atoms with Crippen LogP contribution in [-0.2, 0) is 6.54 Å². The molecule has 2 heterocycles. The molecule has 36 heavy (non-hydrogen) atoms. The summed E-state index contributed by atoms with van der Waals surface area (Å²) in [4.78, 5) is 19.0. The second kappa shape index (κ2) is 11.1. The number of halogens is 1. The molecule has 0 bridgehead atoms. The molecule has 0 radical (unpaired) electrons. The lowest BCUT2D eigenvalue weighted by atomic mass is 9.88. The maximum absolute atomic E-state index is 14.1. The van der Waals surface area contributed by atoms with Crippen LogP contribution in [0.2, 0.25) is 0 Å². The number of piperidine rings is 1. The highest BCUT2D eigenvalue weighted by molar-refractivity contribution is 5.98. The summed E-state index contributed by atoms with van der Waals surface area (Å²) in [6.07, 6.45) is 9.33. The Bertz CT molecular complexity index is 1200. The van der Waals surface area contributed by atoms with Gasteiger partial charge in [-0.25, -0.2) is 9.37 Å². The van der Waals surface area contributed by atoms with Gasteiger partial charge in [-0.2, -0.15) is 0 Å². The third-order valence-corrected chi connectivity index (χ3v) is 7.60. The number of amides is 1. The van der Waals surface area contributed by atoms with Crippen LogP contribution in [-0.4, -0.2) is 34.9 Å². The highest BCUT2D eigenvalue weighted by atomic mass is 19.1. The Morgan fingerprint density at radius 3 is 2.56 bits per heavy atom. The van der Waals surface area contributed by atoms with Gasteiger partial charge in [0.2, 0.25) is 0 Å². The minimum absolute atomic E-state index is 0.228. The standard InChI is InChI=1S/C29H34FN5O/c30-26-11-4-1-6-22(26)18-32-27-17-28(33-19-25(27)29(31)36)34-23-8-5-7-21(16-23)20-12-14-35(15-13-20)24-9-2-3-10-24/h1,4-8,11,16-17,19-20,24H,2-3,9-10,12-15,18H2,(H2,31,36)(H2,32,33,34). The van der Waals surface area contributed by atoms with E-state index in [1.165, 1.54) is 69.4 Å². The minimum Gasteiger partial charge on any atom is -0.380 e. The fourth-order valence-corrected chi connectivity index (χ4v) is 5.58. The van der Waals surface area contributed by atoms with E-state index in [4.69, 9.17) is 5.73 Å². The van der Waals surface area contributed by atoms with Gasteiger partial charge in [0.1, 0.15) is 11.6 Å². The number of nitrogens with zero attached hydrogens (tertiary/aromatic N) is 2. The first-order valence-electron chi connectivity index (χ1n) is 12.9. The molecule has 0 atom stereocenters. The summed E-state index contributed by atoms with van der Waals surface area (Å²) in [6.45, 7) is 2.59. The van der Waals surface area contributed by atoms with E-state index in [2.05, 4.69) is 38.7 Å². The summed E-state index contributed by atoms with van der Waals surface area (Å²) in [5.41, 5.74) is 9.13. The number of pyridine rings is 1. The van der Waals surface area contributed by atoms with Crippen molar-refractivity contribution in [3.05, 3.63) is 83.3 Å². The molecule has 1 aliphatic carbocycles. The number of carbonyl (C=O) groups excluding carboxylic acids is 1. The Balaban J connectivity index is 1.26. The van der Waals surface area contributed by atoms with Crippen LogP contribution in [0.25, 0.3) is 0 Å². The van der Waals surface area contributed by atoms with E-state index in [1.54, 1.807) is 24.3 Å². The fraction of sp³-hybridized carbons (Fsp3) is 0.379. The van der Waals surface area contributed by atoms with E-state index >= 15 is 0 Å². The number of hydrogen-bond donors (Lipinski definition) is 3. The van der Waals surface area contributed by atoms with Gasteiger partial charge in [-0.3, -0.25) is 4.79 Å². The topological polar surface area (TPSA) is 83.3 Å². The van der Waals surface area contributed by atoms with E-state index in [-0.39, 0.29) is 17.9 Å². The molecule has 0 unspecified atom stereocenters. The van der Waals surface area contributed by atoms with Crippen LogP contribution < -0.4 is 16.4 Å². The van der Waals surface area contributed by atoms with Crippen LogP contribution in [0.1, 0.15) is 65.9 Å². The van der Waals surface area contributed by atoms with Crippen molar-refractivity contribution >= 4 is 23.1 Å². The lowest BCUT2D eigenvalue weighted by Crippen LogP contribution is -2.39. The highest BCUT2D eigenvalue weighted by Crippen LogP contribution is 2.34. The molecular weight excluding hydrogens is 453 g/mol. The zero-order chi connectivity index (χ0) is 24.9. The van der Waals surface area contributed by atoms with Gasteiger partial charge < -0.3 is 21.3 Å². The molecule has 7 heteroatoms. The molecule has 5 rings (SSSR count). The molecule has 1 aromatic heterocycles. The molecule has 1 saturated carbocycles. The van der Waals surface area contributed by atoms with Crippen molar-refractivity contribution in [3.8, 4) is 0 Å². The number of rotatable bonds is 8. The van der Waals surface area contributed by atoms with Gasteiger partial charge in [0.15, 0.2) is 0 Å². The predicted octanol–water partition coefficient (Wildman–Crippen LogP) is 5.80. The molecule has 0 spiro atoms. The van der Waals surface area contributed by atoms with Gasteiger partial charge >= 0.3 is 0 Å². The molecule has 3 aromatic rings. The molecule has 6 nitrogen and oxygen atoms in total. The average molecular weight is 488 g/mol. The number of aromatic nitrogens is 1. The fourth-order valence-electron chi connectivity index (χ4n) is 5.58. The molecule has 2 aromatic carbocycles. The largest absolute Gasteiger partial charge is 0.380 e. The molecule has 2 aliphatic rings. The SMILES string of the molecule is NC(=O)c1cnc(Nc2cccc(C3CCN(C4CCCC4)CC3)c2)cc1NCc1ccccc1F. The number of hydrogen-bond acceptors (Lipinski definition) is 5. The van der Waals surface area contributed by atoms with Crippen LogP contribution in [0.4, 0.5) is 21.6 Å². The van der Waals surface area contributed by atoms with Crippen molar-refractivity contribution in [2.24, 2.45) is 5.73 Å². The number of benzene rings is 2. The predicted molar refractivity (Wildman–Crippen MR) is 142 cm³/mol. The normalized spacial score (nSPS) is 17.2. The van der Waals surface area contributed by atoms with Crippen molar-refractivity contribution in [2.75, 3.05) is 23.7 Å². The van der Waals surface area contributed by atoms with Crippen LogP contribution in [0, 0.1) is 5.82 Å². The summed E-state index contributed by atoms with van der Waals surface area (Å²) in [5.74, 6) is 0.261. The summed E-state index contributed by atoms with van der Waals surface area (Å²) in [5, 5.41) is 6.51. The molecule has 2 fully saturated rings. The van der Waals surface area contributed by atoms with E-state index < -0.39 is 5.91 Å². The second-order valence-corrected chi connectivity index (χ2v) is 9.92. The number of nitrogens with two attached hydrogens (primary N) is 1. The first-order valence-corrected chi connectivity index (χ1v) is 12.9. The Morgan fingerprint density at radius 1 is 1.03 bits per heavy atom. The number of likely N-dealkylation sites (tertiary alicyclic amines) is 1. The average Bonchev–Trinajstić information content (AvgIpc) is 3.44. The van der Waals surface area contributed by atoms with E-state index in [9.17, 15) is 9.18 Å². The maximum atomic E-state index is 14.1. The molecule has 188 valence electrons.